The molecule has 0 spiro atoms. The van der Waals surface area contributed by atoms with Crippen molar-refractivity contribution >= 4 is 0 Å². The van der Waals surface area contributed by atoms with Gasteiger partial charge in [-0.2, -0.15) is 5.10 Å². The minimum absolute atomic E-state index is 0.348. The van der Waals surface area contributed by atoms with E-state index in [-0.39, 0.29) is 0 Å². The first-order valence-electron chi connectivity index (χ1n) is 4.45. The summed E-state index contributed by atoms with van der Waals surface area (Å²) in [5.74, 6) is 0. The molecule has 0 amide bonds. The van der Waals surface area contributed by atoms with Gasteiger partial charge < -0.3 is 5.73 Å². The van der Waals surface area contributed by atoms with Crippen LogP contribution >= 0.6 is 0 Å². The van der Waals surface area contributed by atoms with Crippen molar-refractivity contribution in [3.05, 3.63) is 17.0 Å². The molecule has 1 heterocycles. The zero-order chi connectivity index (χ0) is 8.72. The topological polar surface area (TPSA) is 43.8 Å². The first-order chi connectivity index (χ1) is 5.68. The largest absolute Gasteiger partial charge is 0.327 e. The monoisotopic (exact) mass is 165 g/mol. The first kappa shape index (κ1) is 7.80. The Labute approximate surface area is 72.6 Å². The van der Waals surface area contributed by atoms with E-state index in [1.807, 2.05) is 11.7 Å². The number of fused-ring (bicyclic) bond motifs is 1. The van der Waals surface area contributed by atoms with Crippen LogP contribution in [0.2, 0.25) is 0 Å². The van der Waals surface area contributed by atoms with Crippen LogP contribution < -0.4 is 5.73 Å². The quantitative estimate of drug-likeness (QED) is 0.610. The summed E-state index contributed by atoms with van der Waals surface area (Å²) in [5.41, 5.74) is 9.81. The molecule has 12 heavy (non-hydrogen) atoms. The highest BCUT2D eigenvalue weighted by molar-refractivity contribution is 5.28. The van der Waals surface area contributed by atoms with E-state index in [4.69, 9.17) is 5.73 Å². The van der Waals surface area contributed by atoms with Crippen LogP contribution in [-0.4, -0.2) is 15.8 Å². The molecular weight excluding hydrogens is 150 g/mol. The highest BCUT2D eigenvalue weighted by atomic mass is 15.3. The zero-order valence-electron chi connectivity index (χ0n) is 7.67. The van der Waals surface area contributed by atoms with Crippen LogP contribution in [0.1, 0.15) is 23.4 Å². The molecule has 66 valence electrons. The third-order valence-electron chi connectivity index (χ3n) is 2.76. The number of nitrogens with zero attached hydrogens (tertiary/aromatic N) is 2. The normalized spacial score (nSPS) is 22.4. The fraction of sp³-hybridized carbons (Fsp3) is 0.667. The van der Waals surface area contributed by atoms with Gasteiger partial charge in [0.2, 0.25) is 0 Å². The van der Waals surface area contributed by atoms with E-state index >= 15 is 0 Å². The van der Waals surface area contributed by atoms with Crippen LogP contribution in [0.4, 0.5) is 0 Å². The maximum absolute atomic E-state index is 5.89. The Kier molecular flexibility index (Phi) is 1.68. The smallest absolute Gasteiger partial charge is 0.0660 e. The highest BCUT2D eigenvalue weighted by Gasteiger charge is 2.20. The van der Waals surface area contributed by atoms with Gasteiger partial charge in [-0.15, -0.1) is 0 Å². The van der Waals surface area contributed by atoms with Crippen molar-refractivity contribution in [2.24, 2.45) is 12.8 Å². The molecule has 0 aliphatic heterocycles. The van der Waals surface area contributed by atoms with E-state index in [0.717, 1.165) is 19.3 Å². The molecule has 0 saturated carbocycles. The molecular formula is C9H15N3. The SMILES string of the molecule is Cc1c2c(nn1C)CCC(N)C2. The summed E-state index contributed by atoms with van der Waals surface area (Å²) in [6.45, 7) is 2.11. The molecule has 1 aromatic rings. The summed E-state index contributed by atoms with van der Waals surface area (Å²) in [5, 5.41) is 4.45. The predicted molar refractivity (Wildman–Crippen MR) is 47.9 cm³/mol. The molecule has 1 aliphatic rings. The van der Waals surface area contributed by atoms with E-state index < -0.39 is 0 Å². The van der Waals surface area contributed by atoms with Gasteiger partial charge in [-0.05, 0) is 31.7 Å². The second-order valence-corrected chi connectivity index (χ2v) is 3.64. The van der Waals surface area contributed by atoms with Crippen molar-refractivity contribution in [3.63, 3.8) is 0 Å². The lowest BCUT2D eigenvalue weighted by Crippen LogP contribution is -2.27. The number of aryl methyl sites for hydroxylation is 2. The van der Waals surface area contributed by atoms with E-state index in [2.05, 4.69) is 12.0 Å². The van der Waals surface area contributed by atoms with E-state index in [9.17, 15) is 0 Å². The number of nitrogens with two attached hydrogens (primary N) is 1. The van der Waals surface area contributed by atoms with Crippen molar-refractivity contribution in [2.75, 3.05) is 0 Å². The van der Waals surface area contributed by atoms with Crippen molar-refractivity contribution in [1.82, 2.24) is 9.78 Å². The lowest BCUT2D eigenvalue weighted by Gasteiger charge is -2.17. The van der Waals surface area contributed by atoms with Crippen LogP contribution in [0.5, 0.6) is 0 Å². The second kappa shape index (κ2) is 2.59. The summed E-state index contributed by atoms with van der Waals surface area (Å²) in [4.78, 5) is 0. The molecule has 0 saturated heterocycles. The van der Waals surface area contributed by atoms with Crippen LogP contribution in [0.3, 0.4) is 0 Å². The standard InChI is InChI=1S/C9H15N3/c1-6-8-5-7(10)3-4-9(8)11-12(6)2/h7H,3-5,10H2,1-2H3. The summed E-state index contributed by atoms with van der Waals surface area (Å²) in [6, 6.07) is 0.348. The molecule has 1 aromatic heterocycles. The molecule has 0 bridgehead atoms. The highest BCUT2D eigenvalue weighted by Crippen LogP contribution is 2.21. The molecule has 0 radical (unpaired) electrons. The average molecular weight is 165 g/mol. The van der Waals surface area contributed by atoms with E-state index in [1.165, 1.54) is 17.0 Å². The van der Waals surface area contributed by atoms with Crippen LogP contribution in [0, 0.1) is 6.92 Å². The maximum Gasteiger partial charge on any atom is 0.0660 e. The Bertz CT molecular complexity index is 301. The molecule has 3 heteroatoms. The Morgan fingerprint density at radius 2 is 2.33 bits per heavy atom. The molecule has 0 fully saturated rings. The van der Waals surface area contributed by atoms with Gasteiger partial charge in [0, 0.05) is 18.8 Å². The second-order valence-electron chi connectivity index (χ2n) is 3.64. The van der Waals surface area contributed by atoms with Gasteiger partial charge in [0.25, 0.3) is 0 Å². The van der Waals surface area contributed by atoms with Gasteiger partial charge >= 0.3 is 0 Å². The van der Waals surface area contributed by atoms with Crippen molar-refractivity contribution in [2.45, 2.75) is 32.2 Å². The van der Waals surface area contributed by atoms with Crippen LogP contribution in [-0.2, 0) is 19.9 Å². The van der Waals surface area contributed by atoms with Gasteiger partial charge in [0.05, 0.1) is 5.69 Å². The average Bonchev–Trinajstić information content (AvgIpc) is 2.31. The summed E-state index contributed by atoms with van der Waals surface area (Å²) in [6.07, 6.45) is 3.15. The molecule has 1 atom stereocenters. The minimum Gasteiger partial charge on any atom is -0.327 e. The molecule has 0 aromatic carbocycles. The Morgan fingerprint density at radius 3 is 3.08 bits per heavy atom. The third kappa shape index (κ3) is 1.05. The van der Waals surface area contributed by atoms with Gasteiger partial charge in [-0.1, -0.05) is 0 Å². The van der Waals surface area contributed by atoms with E-state index in [0.29, 0.717) is 6.04 Å². The summed E-state index contributed by atoms with van der Waals surface area (Å²) < 4.78 is 1.96. The Balaban J connectivity index is 2.44. The van der Waals surface area contributed by atoms with Gasteiger partial charge in [-0.25, -0.2) is 0 Å². The van der Waals surface area contributed by atoms with Gasteiger partial charge in [0.15, 0.2) is 0 Å². The fourth-order valence-electron chi connectivity index (χ4n) is 1.87. The van der Waals surface area contributed by atoms with Gasteiger partial charge in [-0.3, -0.25) is 4.68 Å². The molecule has 3 nitrogen and oxygen atoms in total. The minimum atomic E-state index is 0.348. The molecule has 2 rings (SSSR count). The molecule has 1 aliphatic carbocycles. The van der Waals surface area contributed by atoms with Crippen LogP contribution in [0.15, 0.2) is 0 Å². The zero-order valence-corrected chi connectivity index (χ0v) is 7.67. The predicted octanol–water partition coefficient (Wildman–Crippen LogP) is 0.545. The van der Waals surface area contributed by atoms with Gasteiger partial charge in [0.1, 0.15) is 0 Å². The Hall–Kier alpha value is -0.830. The summed E-state index contributed by atoms with van der Waals surface area (Å²) >= 11 is 0. The lowest BCUT2D eigenvalue weighted by atomic mass is 9.92. The molecule has 2 N–H and O–H groups in total. The summed E-state index contributed by atoms with van der Waals surface area (Å²) in [7, 11) is 2.00. The van der Waals surface area contributed by atoms with Crippen LogP contribution in [0.25, 0.3) is 0 Å². The number of hydrogen-bond donors (Lipinski definition) is 1. The first-order valence-corrected chi connectivity index (χ1v) is 4.45. The Morgan fingerprint density at radius 1 is 1.58 bits per heavy atom. The van der Waals surface area contributed by atoms with Crippen molar-refractivity contribution < 1.29 is 0 Å². The third-order valence-corrected chi connectivity index (χ3v) is 2.76. The maximum atomic E-state index is 5.89. The van der Waals surface area contributed by atoms with Crippen molar-refractivity contribution in [1.29, 1.82) is 0 Å². The number of hydrogen-bond acceptors (Lipinski definition) is 2. The fourth-order valence-corrected chi connectivity index (χ4v) is 1.87. The van der Waals surface area contributed by atoms with Crippen molar-refractivity contribution in [3.8, 4) is 0 Å². The number of rotatable bonds is 0. The number of aromatic nitrogens is 2. The lowest BCUT2D eigenvalue weighted by molar-refractivity contribution is 0.569. The molecule has 1 unspecified atom stereocenters. The van der Waals surface area contributed by atoms with E-state index in [1.54, 1.807) is 0 Å².